The Balaban J connectivity index is 1.64. The quantitative estimate of drug-likeness (QED) is 0.551. The number of ether oxygens (including phenoxy) is 1. The molecule has 1 heterocycles. The van der Waals surface area contributed by atoms with Crippen molar-refractivity contribution >= 4 is 32.7 Å². The van der Waals surface area contributed by atoms with Gasteiger partial charge in [-0.05, 0) is 29.8 Å². The first kappa shape index (κ1) is 19.2. The lowest BCUT2D eigenvalue weighted by Crippen LogP contribution is -2.28. The van der Waals surface area contributed by atoms with Crippen LogP contribution in [0.4, 0.5) is 13.2 Å². The van der Waals surface area contributed by atoms with E-state index in [-0.39, 0.29) is 18.2 Å². The number of aliphatic hydroxyl groups excluding tert-OH is 1. The van der Waals surface area contributed by atoms with Gasteiger partial charge in [-0.2, -0.15) is 0 Å². The molecule has 0 fully saturated rings. The Labute approximate surface area is 160 Å². The second kappa shape index (κ2) is 7.61. The van der Waals surface area contributed by atoms with E-state index < -0.39 is 12.5 Å². The highest BCUT2D eigenvalue weighted by atomic mass is 79.9. The topological polar surface area (TPSA) is 74.3 Å². The molecule has 0 radical (unpaired) electrons. The highest BCUT2D eigenvalue weighted by Crippen LogP contribution is 2.27. The number of carbonyl (C=O) groups is 1. The molecule has 0 bridgehead atoms. The number of aliphatic hydroxyl groups is 1. The van der Waals surface area contributed by atoms with Crippen molar-refractivity contribution in [3.8, 4) is 5.75 Å². The third kappa shape index (κ3) is 4.61. The van der Waals surface area contributed by atoms with Crippen molar-refractivity contribution in [2.75, 3.05) is 6.54 Å². The van der Waals surface area contributed by atoms with Gasteiger partial charge in [0, 0.05) is 28.1 Å². The van der Waals surface area contributed by atoms with E-state index in [1.165, 1.54) is 12.1 Å². The highest BCUT2D eigenvalue weighted by molar-refractivity contribution is 9.10. The van der Waals surface area contributed by atoms with Crippen LogP contribution in [0.25, 0.3) is 10.9 Å². The zero-order chi connectivity index (χ0) is 19.6. The van der Waals surface area contributed by atoms with Crippen molar-refractivity contribution in [3.05, 3.63) is 64.3 Å². The SMILES string of the molecule is O=C(NC[C@@H](O)c1ccc(OC(F)(F)F)cc1)c1c[nH]c2cccc(Br)c12. The first-order valence-electron chi connectivity index (χ1n) is 7.82. The number of H-pyrrole nitrogens is 1. The van der Waals surface area contributed by atoms with Gasteiger partial charge in [0.15, 0.2) is 0 Å². The van der Waals surface area contributed by atoms with E-state index in [4.69, 9.17) is 0 Å². The smallest absolute Gasteiger partial charge is 0.406 e. The molecule has 1 aromatic heterocycles. The standard InChI is InChI=1S/C18H14BrF3N2O3/c19-13-2-1-3-14-16(13)12(8-23-14)17(26)24-9-15(25)10-4-6-11(7-5-10)27-18(20,21)22/h1-8,15,23,25H,9H2,(H,24,26)/t15-/m1/s1. The molecule has 0 aliphatic rings. The monoisotopic (exact) mass is 442 g/mol. The predicted octanol–water partition coefficient (Wildman–Crippen LogP) is 4.29. The fourth-order valence-electron chi connectivity index (χ4n) is 2.61. The summed E-state index contributed by atoms with van der Waals surface area (Å²) in [6, 6.07) is 10.3. The Hall–Kier alpha value is -2.52. The van der Waals surface area contributed by atoms with Gasteiger partial charge >= 0.3 is 6.36 Å². The third-order valence-corrected chi connectivity index (χ3v) is 4.51. The number of amides is 1. The Bertz CT molecular complexity index is 955. The molecule has 0 aliphatic heterocycles. The van der Waals surface area contributed by atoms with Crippen LogP contribution in [-0.4, -0.2) is 28.9 Å². The Morgan fingerprint density at radius 3 is 2.59 bits per heavy atom. The van der Waals surface area contributed by atoms with Crippen LogP contribution in [0.5, 0.6) is 5.75 Å². The maximum Gasteiger partial charge on any atom is 0.573 e. The highest BCUT2D eigenvalue weighted by Gasteiger charge is 2.31. The van der Waals surface area contributed by atoms with E-state index in [1.807, 2.05) is 18.2 Å². The molecule has 9 heteroatoms. The molecule has 3 aromatic rings. The van der Waals surface area contributed by atoms with Crippen LogP contribution in [0.3, 0.4) is 0 Å². The number of halogens is 4. The van der Waals surface area contributed by atoms with Crippen molar-refractivity contribution in [2.45, 2.75) is 12.5 Å². The largest absolute Gasteiger partial charge is 0.573 e. The average Bonchev–Trinajstić information content (AvgIpc) is 3.04. The molecule has 1 amide bonds. The Morgan fingerprint density at radius 2 is 1.93 bits per heavy atom. The zero-order valence-corrected chi connectivity index (χ0v) is 15.3. The number of alkyl halides is 3. The summed E-state index contributed by atoms with van der Waals surface area (Å²) in [5, 5.41) is 13.5. The molecule has 0 aliphatic carbocycles. The average molecular weight is 443 g/mol. The van der Waals surface area contributed by atoms with E-state index in [1.54, 1.807) is 6.20 Å². The molecule has 0 spiro atoms. The summed E-state index contributed by atoms with van der Waals surface area (Å²) in [6.07, 6.45) is -4.29. The number of fused-ring (bicyclic) bond motifs is 1. The maximum absolute atomic E-state index is 12.4. The summed E-state index contributed by atoms with van der Waals surface area (Å²) >= 11 is 3.40. The van der Waals surface area contributed by atoms with Gasteiger partial charge in [0.05, 0.1) is 11.7 Å². The van der Waals surface area contributed by atoms with Gasteiger partial charge in [0.25, 0.3) is 5.91 Å². The molecule has 0 unspecified atom stereocenters. The maximum atomic E-state index is 12.4. The molecule has 0 saturated carbocycles. The van der Waals surface area contributed by atoms with Gasteiger partial charge in [-0.15, -0.1) is 13.2 Å². The van der Waals surface area contributed by atoms with Gasteiger partial charge < -0.3 is 20.1 Å². The van der Waals surface area contributed by atoms with Crippen molar-refractivity contribution in [2.24, 2.45) is 0 Å². The summed E-state index contributed by atoms with van der Waals surface area (Å²) in [5.74, 6) is -0.768. The number of benzene rings is 2. The van der Waals surface area contributed by atoms with Crippen LogP contribution in [-0.2, 0) is 0 Å². The molecule has 5 nitrogen and oxygen atoms in total. The van der Waals surface area contributed by atoms with Gasteiger partial charge in [-0.1, -0.05) is 34.1 Å². The van der Waals surface area contributed by atoms with Crippen molar-refractivity contribution in [1.29, 1.82) is 0 Å². The normalized spacial score (nSPS) is 12.8. The van der Waals surface area contributed by atoms with Crippen LogP contribution >= 0.6 is 15.9 Å². The predicted molar refractivity (Wildman–Crippen MR) is 96.4 cm³/mol. The van der Waals surface area contributed by atoms with Gasteiger partial charge in [0.1, 0.15) is 5.75 Å². The van der Waals surface area contributed by atoms with Crippen LogP contribution in [0.15, 0.2) is 53.1 Å². The Morgan fingerprint density at radius 1 is 1.22 bits per heavy atom. The molecular weight excluding hydrogens is 429 g/mol. The molecule has 1 atom stereocenters. The van der Waals surface area contributed by atoms with Gasteiger partial charge in [-0.3, -0.25) is 4.79 Å². The fraction of sp³-hybridized carbons (Fsp3) is 0.167. The summed E-state index contributed by atoms with van der Waals surface area (Å²) in [4.78, 5) is 15.4. The molecular formula is C18H14BrF3N2O3. The summed E-state index contributed by atoms with van der Waals surface area (Å²) in [6.45, 7) is -0.102. The number of aromatic amines is 1. The number of aromatic nitrogens is 1. The van der Waals surface area contributed by atoms with E-state index in [0.29, 0.717) is 11.1 Å². The minimum Gasteiger partial charge on any atom is -0.406 e. The lowest BCUT2D eigenvalue weighted by Gasteiger charge is -2.14. The molecule has 3 rings (SSSR count). The number of nitrogens with one attached hydrogen (secondary N) is 2. The molecule has 27 heavy (non-hydrogen) atoms. The van der Waals surface area contributed by atoms with E-state index in [9.17, 15) is 23.1 Å². The van der Waals surface area contributed by atoms with Crippen molar-refractivity contribution in [3.63, 3.8) is 0 Å². The number of carbonyl (C=O) groups excluding carboxylic acids is 1. The fourth-order valence-corrected chi connectivity index (χ4v) is 3.19. The molecule has 0 saturated heterocycles. The minimum atomic E-state index is -4.78. The summed E-state index contributed by atoms with van der Waals surface area (Å²) in [5.41, 5.74) is 1.55. The van der Waals surface area contributed by atoms with Crippen molar-refractivity contribution in [1.82, 2.24) is 10.3 Å². The first-order valence-corrected chi connectivity index (χ1v) is 8.61. The minimum absolute atomic E-state index is 0.102. The second-order valence-electron chi connectivity index (χ2n) is 5.71. The number of rotatable bonds is 5. The number of hydrogen-bond donors (Lipinski definition) is 3. The summed E-state index contributed by atoms with van der Waals surface area (Å²) < 4.78 is 41.0. The Kier molecular flexibility index (Phi) is 5.43. The van der Waals surface area contributed by atoms with E-state index in [0.717, 1.165) is 27.5 Å². The zero-order valence-electron chi connectivity index (χ0n) is 13.7. The first-order chi connectivity index (χ1) is 12.7. The van der Waals surface area contributed by atoms with Crippen LogP contribution in [0, 0.1) is 0 Å². The molecule has 3 N–H and O–H groups in total. The molecule has 2 aromatic carbocycles. The third-order valence-electron chi connectivity index (χ3n) is 3.85. The van der Waals surface area contributed by atoms with E-state index >= 15 is 0 Å². The summed E-state index contributed by atoms with van der Waals surface area (Å²) in [7, 11) is 0. The second-order valence-corrected chi connectivity index (χ2v) is 6.56. The number of hydrogen-bond acceptors (Lipinski definition) is 3. The van der Waals surface area contributed by atoms with Crippen LogP contribution in [0.2, 0.25) is 0 Å². The lowest BCUT2D eigenvalue weighted by molar-refractivity contribution is -0.274. The van der Waals surface area contributed by atoms with Gasteiger partial charge in [0.2, 0.25) is 0 Å². The van der Waals surface area contributed by atoms with Crippen molar-refractivity contribution < 1.29 is 27.8 Å². The van der Waals surface area contributed by atoms with E-state index in [2.05, 4.69) is 31.0 Å². The van der Waals surface area contributed by atoms with Crippen LogP contribution < -0.4 is 10.1 Å². The van der Waals surface area contributed by atoms with Crippen LogP contribution in [0.1, 0.15) is 22.0 Å². The molecule has 142 valence electrons. The van der Waals surface area contributed by atoms with Gasteiger partial charge in [-0.25, -0.2) is 0 Å². The lowest BCUT2D eigenvalue weighted by atomic mass is 10.1.